The fourth-order valence-corrected chi connectivity index (χ4v) is 1.08. The SMILES string of the molecule is Nc1ccnc(C2(O)CC2)c1. The second-order valence-electron chi connectivity index (χ2n) is 3.01. The van der Waals surface area contributed by atoms with Crippen molar-refractivity contribution >= 4 is 5.69 Å². The zero-order valence-corrected chi connectivity index (χ0v) is 6.12. The number of nitrogens with two attached hydrogens (primary N) is 1. The van der Waals surface area contributed by atoms with Gasteiger partial charge in [-0.25, -0.2) is 0 Å². The molecule has 0 saturated heterocycles. The van der Waals surface area contributed by atoms with E-state index in [1.807, 2.05) is 0 Å². The highest BCUT2D eigenvalue weighted by Gasteiger charge is 2.43. The van der Waals surface area contributed by atoms with E-state index >= 15 is 0 Å². The summed E-state index contributed by atoms with van der Waals surface area (Å²) < 4.78 is 0. The van der Waals surface area contributed by atoms with E-state index in [-0.39, 0.29) is 0 Å². The van der Waals surface area contributed by atoms with E-state index in [9.17, 15) is 5.11 Å². The lowest BCUT2D eigenvalue weighted by Crippen LogP contribution is -2.07. The Morgan fingerprint density at radius 1 is 1.55 bits per heavy atom. The highest BCUT2D eigenvalue weighted by atomic mass is 16.3. The molecular formula is C8H10N2O. The molecule has 0 radical (unpaired) electrons. The average Bonchev–Trinajstić information content (AvgIpc) is 2.70. The van der Waals surface area contributed by atoms with Crippen LogP contribution in [-0.2, 0) is 5.60 Å². The number of rotatable bonds is 1. The van der Waals surface area contributed by atoms with Crippen LogP contribution in [0, 0.1) is 0 Å². The highest BCUT2D eigenvalue weighted by molar-refractivity contribution is 5.39. The molecule has 1 aromatic rings. The Bertz CT molecular complexity index is 281. The van der Waals surface area contributed by atoms with Crippen LogP contribution in [0.25, 0.3) is 0 Å². The largest absolute Gasteiger partial charge is 0.399 e. The van der Waals surface area contributed by atoms with Crippen LogP contribution < -0.4 is 5.73 Å². The van der Waals surface area contributed by atoms with Gasteiger partial charge in [0.15, 0.2) is 0 Å². The van der Waals surface area contributed by atoms with E-state index in [0.717, 1.165) is 12.8 Å². The Balaban J connectivity index is 2.38. The van der Waals surface area contributed by atoms with Crippen LogP contribution in [0.4, 0.5) is 5.69 Å². The lowest BCUT2D eigenvalue weighted by molar-refractivity contribution is 0.146. The fourth-order valence-electron chi connectivity index (χ4n) is 1.08. The van der Waals surface area contributed by atoms with Crippen LogP contribution in [-0.4, -0.2) is 10.1 Å². The minimum absolute atomic E-state index is 0.657. The highest BCUT2D eigenvalue weighted by Crippen LogP contribution is 2.44. The van der Waals surface area contributed by atoms with Crippen molar-refractivity contribution in [2.75, 3.05) is 5.73 Å². The fraction of sp³-hybridized carbons (Fsp3) is 0.375. The normalized spacial score (nSPS) is 19.7. The summed E-state index contributed by atoms with van der Waals surface area (Å²) in [5, 5.41) is 9.61. The van der Waals surface area contributed by atoms with Crippen LogP contribution in [0.5, 0.6) is 0 Å². The first kappa shape index (κ1) is 6.61. The minimum Gasteiger partial charge on any atom is -0.399 e. The number of hydrogen-bond donors (Lipinski definition) is 2. The number of aromatic nitrogens is 1. The monoisotopic (exact) mass is 150 g/mol. The molecule has 3 heteroatoms. The van der Waals surface area contributed by atoms with E-state index in [2.05, 4.69) is 4.98 Å². The number of anilines is 1. The second-order valence-corrected chi connectivity index (χ2v) is 3.01. The van der Waals surface area contributed by atoms with Crippen LogP contribution >= 0.6 is 0 Å². The van der Waals surface area contributed by atoms with Crippen molar-refractivity contribution < 1.29 is 5.11 Å². The Hall–Kier alpha value is -1.09. The van der Waals surface area contributed by atoms with Crippen molar-refractivity contribution in [2.24, 2.45) is 0 Å². The van der Waals surface area contributed by atoms with Gasteiger partial charge in [0.05, 0.1) is 5.69 Å². The van der Waals surface area contributed by atoms with E-state index in [4.69, 9.17) is 5.73 Å². The summed E-state index contributed by atoms with van der Waals surface area (Å²) in [5.41, 5.74) is 6.24. The third-order valence-electron chi connectivity index (χ3n) is 1.98. The molecule has 1 aliphatic rings. The van der Waals surface area contributed by atoms with Crippen molar-refractivity contribution in [3.8, 4) is 0 Å². The molecule has 0 aromatic carbocycles. The predicted molar refractivity (Wildman–Crippen MR) is 41.8 cm³/mol. The average molecular weight is 150 g/mol. The van der Waals surface area contributed by atoms with Gasteiger partial charge in [0.2, 0.25) is 0 Å². The van der Waals surface area contributed by atoms with Crippen LogP contribution in [0.15, 0.2) is 18.3 Å². The summed E-state index contributed by atoms with van der Waals surface area (Å²) in [6.07, 6.45) is 3.24. The molecule has 0 spiro atoms. The molecule has 1 aliphatic carbocycles. The number of hydrogen-bond acceptors (Lipinski definition) is 3. The second kappa shape index (κ2) is 1.95. The molecule has 58 valence electrons. The van der Waals surface area contributed by atoms with Gasteiger partial charge in [0.1, 0.15) is 5.60 Å². The molecule has 0 atom stereocenters. The Morgan fingerprint density at radius 2 is 2.27 bits per heavy atom. The van der Waals surface area contributed by atoms with Gasteiger partial charge in [-0.05, 0) is 25.0 Å². The van der Waals surface area contributed by atoms with Crippen LogP contribution in [0.2, 0.25) is 0 Å². The van der Waals surface area contributed by atoms with Gasteiger partial charge in [-0.3, -0.25) is 4.98 Å². The van der Waals surface area contributed by atoms with Gasteiger partial charge in [-0.2, -0.15) is 0 Å². The number of nitrogens with zero attached hydrogens (tertiary/aromatic N) is 1. The Morgan fingerprint density at radius 3 is 2.82 bits per heavy atom. The van der Waals surface area contributed by atoms with E-state index < -0.39 is 5.60 Å². The van der Waals surface area contributed by atoms with Crippen molar-refractivity contribution in [1.29, 1.82) is 0 Å². The molecule has 11 heavy (non-hydrogen) atoms. The predicted octanol–water partition coefficient (Wildman–Crippen LogP) is 0.645. The van der Waals surface area contributed by atoms with Gasteiger partial charge in [-0.1, -0.05) is 0 Å². The molecule has 3 nitrogen and oxygen atoms in total. The van der Waals surface area contributed by atoms with E-state index in [0.29, 0.717) is 11.4 Å². The van der Waals surface area contributed by atoms with Gasteiger partial charge in [0, 0.05) is 11.9 Å². The molecule has 0 bridgehead atoms. The molecule has 0 unspecified atom stereocenters. The zero-order valence-electron chi connectivity index (χ0n) is 6.12. The van der Waals surface area contributed by atoms with E-state index in [1.165, 1.54) is 0 Å². The smallest absolute Gasteiger partial charge is 0.107 e. The van der Waals surface area contributed by atoms with Gasteiger partial charge in [-0.15, -0.1) is 0 Å². The molecule has 0 amide bonds. The van der Waals surface area contributed by atoms with Gasteiger partial charge < -0.3 is 10.8 Å². The van der Waals surface area contributed by atoms with Crippen molar-refractivity contribution in [1.82, 2.24) is 4.98 Å². The summed E-state index contributed by atoms with van der Waals surface area (Å²) in [6.45, 7) is 0. The topological polar surface area (TPSA) is 59.1 Å². The van der Waals surface area contributed by atoms with Crippen LogP contribution in [0.3, 0.4) is 0 Å². The maximum atomic E-state index is 9.61. The lowest BCUT2D eigenvalue weighted by Gasteiger charge is -2.05. The molecular weight excluding hydrogens is 140 g/mol. The lowest BCUT2D eigenvalue weighted by atomic mass is 10.2. The quantitative estimate of drug-likeness (QED) is 0.617. The standard InChI is InChI=1S/C8H10N2O/c9-6-1-4-10-7(5-6)8(11)2-3-8/h1,4-5,11H,2-3H2,(H2,9,10). The summed E-state index contributed by atoms with van der Waals surface area (Å²) in [6, 6.07) is 3.45. The molecule has 0 aliphatic heterocycles. The van der Waals surface area contributed by atoms with Crippen LogP contribution in [0.1, 0.15) is 18.5 Å². The van der Waals surface area contributed by atoms with Crippen molar-refractivity contribution in [2.45, 2.75) is 18.4 Å². The number of aliphatic hydroxyl groups is 1. The first-order valence-electron chi connectivity index (χ1n) is 3.65. The maximum Gasteiger partial charge on any atom is 0.107 e. The van der Waals surface area contributed by atoms with Crippen molar-refractivity contribution in [3.63, 3.8) is 0 Å². The molecule has 1 aromatic heterocycles. The summed E-state index contributed by atoms with van der Waals surface area (Å²) >= 11 is 0. The number of nitrogen functional groups attached to an aromatic ring is 1. The number of pyridine rings is 1. The molecule has 1 saturated carbocycles. The van der Waals surface area contributed by atoms with Crippen molar-refractivity contribution in [3.05, 3.63) is 24.0 Å². The molecule has 1 heterocycles. The molecule has 2 rings (SSSR count). The summed E-state index contributed by atoms with van der Waals surface area (Å²) in [7, 11) is 0. The summed E-state index contributed by atoms with van der Waals surface area (Å²) in [5.74, 6) is 0. The Kier molecular flexibility index (Phi) is 1.17. The molecule has 1 fully saturated rings. The summed E-state index contributed by atoms with van der Waals surface area (Å²) in [4.78, 5) is 4.04. The molecule has 3 N–H and O–H groups in total. The third kappa shape index (κ3) is 1.07. The van der Waals surface area contributed by atoms with Gasteiger partial charge in [0.25, 0.3) is 0 Å². The first-order chi connectivity index (χ1) is 5.21. The Labute approximate surface area is 64.9 Å². The maximum absolute atomic E-state index is 9.61. The first-order valence-corrected chi connectivity index (χ1v) is 3.65. The van der Waals surface area contributed by atoms with Gasteiger partial charge >= 0.3 is 0 Å². The minimum atomic E-state index is -0.657. The van der Waals surface area contributed by atoms with E-state index in [1.54, 1.807) is 18.3 Å². The third-order valence-corrected chi connectivity index (χ3v) is 1.98. The zero-order chi connectivity index (χ0) is 7.90.